The smallest absolute Gasteiger partial charge is 0.246 e. The quantitative estimate of drug-likeness (QED) is 0.0176. The molecule has 0 bridgehead atoms. The molecule has 9 atom stereocenters. The topological polar surface area (TPSA) is 391 Å². The van der Waals surface area contributed by atoms with E-state index in [4.69, 9.17) is 28.7 Å². The number of para-hydroxylation sites is 1. The summed E-state index contributed by atoms with van der Waals surface area (Å²) in [4.78, 5) is 138. The number of guanidine groups is 1. The van der Waals surface area contributed by atoms with Crippen LogP contribution in [-0.4, -0.2) is 166 Å². The van der Waals surface area contributed by atoms with Crippen LogP contribution in [0.15, 0.2) is 96.1 Å². The Labute approximate surface area is 506 Å². The number of aromatic nitrogens is 1. The van der Waals surface area contributed by atoms with Gasteiger partial charge in [-0.1, -0.05) is 92.7 Å². The Morgan fingerprint density at radius 2 is 1.16 bits per heavy atom. The number of amides is 9. The molecule has 0 radical (unpaired) electrons. The summed E-state index contributed by atoms with van der Waals surface area (Å²) in [6.45, 7) is 4.47. The van der Waals surface area contributed by atoms with Crippen molar-refractivity contribution in [3.63, 3.8) is 0 Å². The van der Waals surface area contributed by atoms with Crippen molar-refractivity contribution < 1.29 is 43.2 Å². The maximum Gasteiger partial charge on any atom is 0.246 e. The summed E-state index contributed by atoms with van der Waals surface area (Å²) < 4.78 is 0. The van der Waals surface area contributed by atoms with Gasteiger partial charge in [0.2, 0.25) is 53.2 Å². The van der Waals surface area contributed by atoms with Gasteiger partial charge in [-0.15, -0.1) is 0 Å². The van der Waals surface area contributed by atoms with Gasteiger partial charge in [-0.2, -0.15) is 11.8 Å². The maximum atomic E-state index is 15.2. The number of carbonyl (C=O) groups excluding carboxylic acids is 9. The molecular formula is C61H87N15O9S. The summed E-state index contributed by atoms with van der Waals surface area (Å²) in [6.07, 6.45) is 7.18. The van der Waals surface area contributed by atoms with Gasteiger partial charge in [0, 0.05) is 56.0 Å². The van der Waals surface area contributed by atoms with Crippen LogP contribution in [-0.2, 0) is 62.4 Å². The Balaban J connectivity index is 1.21. The third kappa shape index (κ3) is 19.5. The minimum Gasteiger partial charge on any atom is -0.370 e. The lowest BCUT2D eigenvalue weighted by Crippen LogP contribution is -2.61. The van der Waals surface area contributed by atoms with E-state index in [1.165, 1.54) is 21.6 Å². The number of fused-ring (bicyclic) bond motifs is 1. The number of aliphatic imine (C=N–C) groups is 1. The largest absolute Gasteiger partial charge is 0.370 e. The van der Waals surface area contributed by atoms with Crippen molar-refractivity contribution in [1.29, 1.82) is 0 Å². The van der Waals surface area contributed by atoms with Crippen molar-refractivity contribution in [3.8, 4) is 0 Å². The number of likely N-dealkylation sites (tertiary alicyclic amines) is 2. The first-order chi connectivity index (χ1) is 41.3. The van der Waals surface area contributed by atoms with Gasteiger partial charge in [-0.25, -0.2) is 0 Å². The van der Waals surface area contributed by atoms with Crippen LogP contribution in [0, 0.1) is 5.92 Å². The lowest BCUT2D eigenvalue weighted by atomic mass is 10.0. The highest BCUT2D eigenvalue weighted by Gasteiger charge is 2.45. The molecule has 24 nitrogen and oxygen atoms in total. The zero-order chi connectivity index (χ0) is 62.3. The van der Waals surface area contributed by atoms with Gasteiger partial charge < -0.3 is 75.4 Å². The van der Waals surface area contributed by atoms with Crippen molar-refractivity contribution >= 4 is 81.8 Å². The number of benzene rings is 3. The van der Waals surface area contributed by atoms with E-state index in [1.807, 2.05) is 54.8 Å². The van der Waals surface area contributed by atoms with Gasteiger partial charge in [0.1, 0.15) is 48.3 Å². The number of primary amides is 1. The van der Waals surface area contributed by atoms with Crippen molar-refractivity contribution in [2.45, 2.75) is 152 Å². The van der Waals surface area contributed by atoms with Crippen molar-refractivity contribution in [2.24, 2.45) is 39.6 Å². The van der Waals surface area contributed by atoms with Gasteiger partial charge in [0.05, 0.1) is 6.04 Å². The highest BCUT2D eigenvalue weighted by molar-refractivity contribution is 7.98. The van der Waals surface area contributed by atoms with E-state index in [9.17, 15) is 38.4 Å². The summed E-state index contributed by atoms with van der Waals surface area (Å²) in [7, 11) is 0. The monoisotopic (exact) mass is 1210 g/mol. The number of nitrogens with one attached hydrogen (secondary N) is 7. The number of carbonyl (C=O) groups is 9. The van der Waals surface area contributed by atoms with Crippen LogP contribution in [0.25, 0.3) is 10.9 Å². The van der Waals surface area contributed by atoms with Crippen LogP contribution < -0.4 is 60.6 Å². The van der Waals surface area contributed by atoms with E-state index in [-0.39, 0.29) is 82.9 Å². The highest BCUT2D eigenvalue weighted by Crippen LogP contribution is 2.27. The fourth-order valence-corrected chi connectivity index (χ4v) is 11.4. The van der Waals surface area contributed by atoms with E-state index in [0.29, 0.717) is 55.5 Å². The van der Waals surface area contributed by atoms with Gasteiger partial charge in [-0.05, 0) is 111 Å². The summed E-state index contributed by atoms with van der Waals surface area (Å²) in [5.74, 6) is -5.53. The molecule has 9 amide bonds. The highest BCUT2D eigenvalue weighted by atomic mass is 32.2. The molecule has 86 heavy (non-hydrogen) atoms. The van der Waals surface area contributed by atoms with Gasteiger partial charge in [0.15, 0.2) is 5.96 Å². The average molecular weight is 1210 g/mol. The fraction of sp³-hybridized carbons (Fsp3) is 0.508. The lowest BCUT2D eigenvalue weighted by Gasteiger charge is -2.34. The molecule has 0 aliphatic carbocycles. The average Bonchev–Trinajstić information content (AvgIpc) is 4.19. The summed E-state index contributed by atoms with van der Waals surface area (Å²) in [6, 6.07) is 15.6. The van der Waals surface area contributed by atoms with Crippen LogP contribution >= 0.6 is 11.8 Å². The Kier molecular flexibility index (Phi) is 26.2. The number of thioether (sulfide) groups is 1. The third-order valence-corrected chi connectivity index (χ3v) is 16.2. The minimum absolute atomic E-state index is 0.0102. The molecule has 6 rings (SSSR count). The van der Waals surface area contributed by atoms with Gasteiger partial charge in [0.25, 0.3) is 0 Å². The number of rotatable bonds is 33. The third-order valence-electron chi connectivity index (χ3n) is 15.6. The number of hydrogen-bond donors (Lipinski definition) is 12. The van der Waals surface area contributed by atoms with Crippen LogP contribution in [0.4, 0.5) is 0 Å². The SMILES string of the molecule is CSCC[C@H](NC(=O)[C@H](CCCCN)NC(=O)[C@@H](N)CCCN=C(N)N)C(=O)N[C@H](Cc1ccccc1)C(=O)N[C@@H](Cc1ccccc1)C(=O)N1CCC[C@H]1C(=O)N1CCC[C@H]1C(=O)N[C@H](Cc1c[nH]c2ccccc12)C(=O)N[C@H](C(N)=O)C(C)C. The van der Waals surface area contributed by atoms with Crippen LogP contribution in [0.3, 0.4) is 0 Å². The number of aromatic amines is 1. The maximum absolute atomic E-state index is 15.2. The predicted molar refractivity (Wildman–Crippen MR) is 331 cm³/mol. The van der Waals surface area contributed by atoms with E-state index in [1.54, 1.807) is 56.4 Å². The molecule has 466 valence electrons. The van der Waals surface area contributed by atoms with Crippen molar-refractivity contribution in [1.82, 2.24) is 46.7 Å². The molecule has 1 aromatic heterocycles. The molecule has 2 fully saturated rings. The second-order valence-electron chi connectivity index (χ2n) is 22.4. The van der Waals surface area contributed by atoms with Crippen LogP contribution in [0.5, 0.6) is 0 Å². The molecule has 4 aromatic rings. The molecule has 2 aliphatic heterocycles. The minimum atomic E-state index is -1.28. The molecule has 25 heteroatoms. The first-order valence-corrected chi connectivity index (χ1v) is 31.0. The number of H-pyrrole nitrogens is 1. The van der Waals surface area contributed by atoms with E-state index >= 15 is 4.79 Å². The van der Waals surface area contributed by atoms with Crippen molar-refractivity contribution in [2.75, 3.05) is 38.2 Å². The van der Waals surface area contributed by atoms with Crippen LogP contribution in [0.1, 0.15) is 94.7 Å². The Hall–Kier alpha value is -8.03. The number of hydrogen-bond acceptors (Lipinski definition) is 13. The zero-order valence-corrected chi connectivity index (χ0v) is 50.3. The normalized spacial score (nSPS) is 17.3. The van der Waals surface area contributed by atoms with Crippen LogP contribution in [0.2, 0.25) is 0 Å². The molecule has 17 N–H and O–H groups in total. The second kappa shape index (κ2) is 33.6. The number of nitrogens with two attached hydrogens (primary N) is 5. The Bertz CT molecular complexity index is 2960. The first-order valence-electron chi connectivity index (χ1n) is 29.6. The summed E-state index contributed by atoms with van der Waals surface area (Å²) in [5, 5.41) is 17.9. The van der Waals surface area contributed by atoms with E-state index in [2.05, 4.69) is 41.9 Å². The molecule has 3 aromatic carbocycles. The summed E-state index contributed by atoms with van der Waals surface area (Å²) >= 11 is 1.44. The standard InChI is InChI=1S/C61H87N15O9S/c1-37(2)51(52(64)77)74-57(82)47(35-40-36-68-43-23-11-10-21-41(40)43)72-58(83)49-25-15-30-75(49)60(85)50-26-16-31-76(50)59(84)48(34-39-19-8-5-9-20-39)73-56(81)46(33-38-17-6-4-7-18-38)71-55(80)45(27-32-86-3)70-54(79)44(24-12-13-28-62)69-53(78)42(63)22-14-29-67-61(65)66/h4-11,17-21,23,36-37,42,44-51,68H,12-16,22,24-35,62-63H2,1-3H3,(H2,64,77)(H,69,78)(H,70,79)(H,71,80)(H,72,83)(H,73,81)(H,74,82)(H4,65,66,67)/t42-,44-,45-,46+,47+,48-,49-,50-,51-/m0/s1. The number of nitrogens with zero attached hydrogens (tertiary/aromatic N) is 3. The molecular weight excluding hydrogens is 1120 g/mol. The van der Waals surface area contributed by atoms with E-state index < -0.39 is 108 Å². The zero-order valence-electron chi connectivity index (χ0n) is 49.5. The summed E-state index contributed by atoms with van der Waals surface area (Å²) in [5.41, 5.74) is 31.5. The molecule has 2 aliphatic rings. The van der Waals surface area contributed by atoms with Gasteiger partial charge in [-0.3, -0.25) is 48.1 Å². The van der Waals surface area contributed by atoms with Crippen molar-refractivity contribution in [3.05, 3.63) is 108 Å². The van der Waals surface area contributed by atoms with Gasteiger partial charge >= 0.3 is 0 Å². The predicted octanol–water partition coefficient (Wildman–Crippen LogP) is 0.491. The number of unbranched alkanes of at least 4 members (excludes halogenated alkanes) is 1. The molecule has 0 saturated carbocycles. The molecule has 0 unspecified atom stereocenters. The van der Waals surface area contributed by atoms with E-state index in [0.717, 1.165) is 16.5 Å². The second-order valence-corrected chi connectivity index (χ2v) is 23.4. The fourth-order valence-electron chi connectivity index (χ4n) is 10.9. The molecule has 0 spiro atoms. The molecule has 3 heterocycles. The lowest BCUT2D eigenvalue weighted by molar-refractivity contribution is -0.148. The Morgan fingerprint density at radius 3 is 1.79 bits per heavy atom. The molecule has 2 saturated heterocycles. The first kappa shape index (κ1) is 67.1. The Morgan fingerprint density at radius 1 is 0.616 bits per heavy atom.